The molecular weight excluding hydrogens is 102 g/mol. The van der Waals surface area contributed by atoms with Crippen molar-refractivity contribution in [2.75, 3.05) is 0 Å². The van der Waals surface area contributed by atoms with Crippen LogP contribution in [0.1, 0.15) is 6.42 Å². The molecule has 0 fully saturated rings. The molecule has 43 valence electrons. The lowest BCUT2D eigenvalue weighted by atomic mass is 10.4. The normalized spacial score (nSPS) is 7.50. The summed E-state index contributed by atoms with van der Waals surface area (Å²) in [5.41, 5.74) is 0. The molecule has 0 unspecified atom stereocenters. The fourth-order valence-electron chi connectivity index (χ4n) is 0.278. The van der Waals surface area contributed by atoms with Crippen LogP contribution in [0.15, 0.2) is 25.4 Å². The van der Waals surface area contributed by atoms with E-state index >= 15 is 0 Å². The standard InChI is InChI=1S/C6H8NO/c1-3-5-6(8)7-4-2/h3-4H,1-2,5H2. The van der Waals surface area contributed by atoms with Gasteiger partial charge in [-0.05, 0) is 0 Å². The summed E-state index contributed by atoms with van der Waals surface area (Å²) in [5, 5.41) is 3.37. The Balaban J connectivity index is 3.32. The summed E-state index contributed by atoms with van der Waals surface area (Å²) in [6.07, 6.45) is 3.03. The zero-order valence-corrected chi connectivity index (χ0v) is 4.63. The molecule has 2 nitrogen and oxygen atoms in total. The molecule has 2 heteroatoms. The summed E-state index contributed by atoms with van der Waals surface area (Å²) >= 11 is 0. The van der Waals surface area contributed by atoms with Crippen molar-refractivity contribution in [2.45, 2.75) is 6.42 Å². The Bertz CT molecular complexity index is 95.1. The minimum absolute atomic E-state index is 0.199. The third-order valence-electron chi connectivity index (χ3n) is 0.554. The molecule has 0 aliphatic carbocycles. The molecule has 1 amide bonds. The van der Waals surface area contributed by atoms with Crippen LogP contribution in [0.2, 0.25) is 0 Å². The number of carbonyl (C=O) groups excluding carboxylic acids is 1. The third kappa shape index (κ3) is 3.15. The quantitative estimate of drug-likeness (QED) is 0.495. The zero-order chi connectivity index (χ0) is 6.41. The smallest absolute Gasteiger partial charge is 0.249 e. The van der Waals surface area contributed by atoms with Crippen LogP contribution in [0.5, 0.6) is 0 Å². The van der Waals surface area contributed by atoms with Crippen molar-refractivity contribution in [3.8, 4) is 0 Å². The van der Waals surface area contributed by atoms with Crippen LogP contribution in [0.4, 0.5) is 0 Å². The minimum Gasteiger partial charge on any atom is -0.272 e. The number of hydrogen-bond acceptors (Lipinski definition) is 1. The lowest BCUT2D eigenvalue weighted by Crippen LogP contribution is -2.06. The van der Waals surface area contributed by atoms with Crippen LogP contribution in [-0.4, -0.2) is 5.91 Å². The van der Waals surface area contributed by atoms with Crippen molar-refractivity contribution in [2.24, 2.45) is 0 Å². The van der Waals surface area contributed by atoms with Gasteiger partial charge < -0.3 is 0 Å². The molecule has 0 aliphatic heterocycles. The predicted octanol–water partition coefficient (Wildman–Crippen LogP) is 0.837. The number of nitrogens with zero attached hydrogens (tertiary/aromatic N) is 1. The average molecular weight is 110 g/mol. The van der Waals surface area contributed by atoms with Gasteiger partial charge >= 0.3 is 0 Å². The van der Waals surface area contributed by atoms with E-state index < -0.39 is 0 Å². The monoisotopic (exact) mass is 110 g/mol. The first-order valence-electron chi connectivity index (χ1n) is 2.26. The van der Waals surface area contributed by atoms with Crippen molar-refractivity contribution in [1.82, 2.24) is 5.32 Å². The minimum atomic E-state index is -0.199. The van der Waals surface area contributed by atoms with E-state index in [4.69, 9.17) is 0 Å². The first-order valence-corrected chi connectivity index (χ1v) is 2.26. The highest BCUT2D eigenvalue weighted by atomic mass is 16.1. The van der Waals surface area contributed by atoms with Gasteiger partial charge in [0.25, 0.3) is 0 Å². The lowest BCUT2D eigenvalue weighted by Gasteiger charge is -1.86. The summed E-state index contributed by atoms with van der Waals surface area (Å²) in [6, 6.07) is 0. The second-order valence-corrected chi connectivity index (χ2v) is 1.20. The SMILES string of the molecule is C=CCC(=O)[N]C=C. The molecule has 0 aromatic heterocycles. The molecule has 0 spiro atoms. The number of rotatable bonds is 3. The summed E-state index contributed by atoms with van der Waals surface area (Å²) in [4.78, 5) is 10.3. The van der Waals surface area contributed by atoms with Crippen LogP contribution < -0.4 is 5.32 Å². The Labute approximate surface area is 48.9 Å². The Kier molecular flexibility index (Phi) is 3.58. The van der Waals surface area contributed by atoms with Crippen molar-refractivity contribution < 1.29 is 4.79 Å². The highest BCUT2D eigenvalue weighted by molar-refractivity contribution is 5.77. The molecule has 0 aromatic rings. The van der Waals surface area contributed by atoms with Crippen molar-refractivity contribution in [1.29, 1.82) is 0 Å². The van der Waals surface area contributed by atoms with Crippen molar-refractivity contribution in [3.63, 3.8) is 0 Å². The Morgan fingerprint density at radius 3 is 2.62 bits per heavy atom. The maximum atomic E-state index is 10.3. The van der Waals surface area contributed by atoms with E-state index in [0.717, 1.165) is 0 Å². The van der Waals surface area contributed by atoms with E-state index in [1.807, 2.05) is 0 Å². The number of carbonyl (C=O) groups is 1. The van der Waals surface area contributed by atoms with Gasteiger partial charge in [0.05, 0.1) is 0 Å². The molecule has 0 heterocycles. The summed E-state index contributed by atoms with van der Waals surface area (Å²) in [5.74, 6) is -0.199. The fourth-order valence-corrected chi connectivity index (χ4v) is 0.278. The third-order valence-corrected chi connectivity index (χ3v) is 0.554. The van der Waals surface area contributed by atoms with E-state index in [-0.39, 0.29) is 5.91 Å². The predicted molar refractivity (Wildman–Crippen MR) is 32.2 cm³/mol. The van der Waals surface area contributed by atoms with Crippen LogP contribution in [0, 0.1) is 0 Å². The van der Waals surface area contributed by atoms with Crippen LogP contribution in [-0.2, 0) is 4.79 Å². The molecule has 0 aliphatic rings. The van der Waals surface area contributed by atoms with Crippen molar-refractivity contribution >= 4 is 5.91 Å². The van der Waals surface area contributed by atoms with Gasteiger partial charge in [0.2, 0.25) is 5.91 Å². The first-order chi connectivity index (χ1) is 3.81. The highest BCUT2D eigenvalue weighted by Gasteiger charge is 1.91. The van der Waals surface area contributed by atoms with E-state index in [1.165, 1.54) is 12.3 Å². The van der Waals surface area contributed by atoms with Gasteiger partial charge in [-0.15, -0.1) is 6.58 Å². The van der Waals surface area contributed by atoms with Gasteiger partial charge in [-0.1, -0.05) is 12.7 Å². The van der Waals surface area contributed by atoms with Crippen LogP contribution in [0.25, 0.3) is 0 Å². The molecule has 0 rings (SSSR count). The molecule has 0 saturated carbocycles. The van der Waals surface area contributed by atoms with Crippen LogP contribution in [0.3, 0.4) is 0 Å². The van der Waals surface area contributed by atoms with Gasteiger partial charge in [-0.2, -0.15) is 0 Å². The maximum absolute atomic E-state index is 10.3. The van der Waals surface area contributed by atoms with E-state index in [2.05, 4.69) is 18.5 Å². The Hall–Kier alpha value is -1.05. The molecule has 0 aromatic carbocycles. The van der Waals surface area contributed by atoms with E-state index in [9.17, 15) is 4.79 Å². The van der Waals surface area contributed by atoms with Crippen LogP contribution >= 0.6 is 0 Å². The Morgan fingerprint density at radius 2 is 2.25 bits per heavy atom. The van der Waals surface area contributed by atoms with E-state index in [0.29, 0.717) is 6.42 Å². The largest absolute Gasteiger partial charge is 0.272 e. The maximum Gasteiger partial charge on any atom is 0.249 e. The molecule has 0 atom stereocenters. The molecule has 0 saturated heterocycles. The van der Waals surface area contributed by atoms with Gasteiger partial charge in [0, 0.05) is 12.6 Å². The van der Waals surface area contributed by atoms with Crippen molar-refractivity contribution in [3.05, 3.63) is 25.4 Å². The highest BCUT2D eigenvalue weighted by Crippen LogP contribution is 1.79. The average Bonchev–Trinajstić information content (AvgIpc) is 1.68. The second kappa shape index (κ2) is 4.12. The second-order valence-electron chi connectivity index (χ2n) is 1.20. The number of amides is 1. The summed E-state index contributed by atoms with van der Waals surface area (Å²) < 4.78 is 0. The topological polar surface area (TPSA) is 31.2 Å². The lowest BCUT2D eigenvalue weighted by molar-refractivity contribution is -0.119. The zero-order valence-electron chi connectivity index (χ0n) is 4.63. The summed E-state index contributed by atoms with van der Waals surface area (Å²) in [7, 11) is 0. The molecule has 0 N–H and O–H groups in total. The molecule has 8 heavy (non-hydrogen) atoms. The van der Waals surface area contributed by atoms with Gasteiger partial charge in [0.15, 0.2) is 0 Å². The van der Waals surface area contributed by atoms with Gasteiger partial charge in [-0.3, -0.25) is 4.79 Å². The van der Waals surface area contributed by atoms with Gasteiger partial charge in [0.1, 0.15) is 0 Å². The van der Waals surface area contributed by atoms with E-state index in [1.54, 1.807) is 0 Å². The molecule has 0 bridgehead atoms. The first kappa shape index (κ1) is 6.95. The molecule has 1 radical (unpaired) electrons. The molecular formula is C6H8NO. The van der Waals surface area contributed by atoms with Gasteiger partial charge in [-0.25, -0.2) is 5.32 Å². The fraction of sp³-hybridized carbons (Fsp3) is 0.167. The number of hydrogen-bond donors (Lipinski definition) is 0. The Morgan fingerprint density at radius 1 is 1.62 bits per heavy atom. The summed E-state index contributed by atoms with van der Waals surface area (Å²) in [6.45, 7) is 6.63.